The van der Waals surface area contributed by atoms with Crippen LogP contribution < -0.4 is 10.1 Å². The Kier molecular flexibility index (Phi) is 10.3. The summed E-state index contributed by atoms with van der Waals surface area (Å²) in [7, 11) is 1.32. The molecule has 0 spiro atoms. The quantitative estimate of drug-likeness (QED) is 0.349. The molecule has 7 nitrogen and oxygen atoms in total. The van der Waals surface area contributed by atoms with Crippen LogP contribution in [0.4, 0.5) is 0 Å². The zero-order chi connectivity index (χ0) is 28.3. The van der Waals surface area contributed by atoms with Gasteiger partial charge < -0.3 is 19.7 Å². The van der Waals surface area contributed by atoms with Crippen molar-refractivity contribution in [1.82, 2.24) is 10.2 Å². The Bertz CT molecular complexity index is 1240. The van der Waals surface area contributed by atoms with Crippen LogP contribution in [0.1, 0.15) is 48.8 Å². The fourth-order valence-electron chi connectivity index (χ4n) is 5.06. The number of ether oxygens (including phenoxy) is 2. The van der Waals surface area contributed by atoms with Gasteiger partial charge in [-0.25, -0.2) is 4.79 Å². The van der Waals surface area contributed by atoms with E-state index in [1.54, 1.807) is 0 Å². The molecule has 0 unspecified atom stereocenters. The average molecular weight is 543 g/mol. The molecule has 1 fully saturated rings. The molecule has 1 N–H and O–H groups in total. The van der Waals surface area contributed by atoms with Crippen molar-refractivity contribution in [3.8, 4) is 5.75 Å². The van der Waals surface area contributed by atoms with Crippen LogP contribution >= 0.6 is 0 Å². The van der Waals surface area contributed by atoms with Crippen molar-refractivity contribution in [2.75, 3.05) is 20.2 Å². The first-order valence-electron chi connectivity index (χ1n) is 13.9. The second kappa shape index (κ2) is 14.3. The number of rotatable bonds is 11. The van der Waals surface area contributed by atoms with Gasteiger partial charge in [0.2, 0.25) is 11.8 Å². The summed E-state index contributed by atoms with van der Waals surface area (Å²) in [5.74, 6) is 0.168. The van der Waals surface area contributed by atoms with Gasteiger partial charge in [0, 0.05) is 25.9 Å². The lowest BCUT2D eigenvalue weighted by Gasteiger charge is -2.33. The summed E-state index contributed by atoms with van der Waals surface area (Å²) in [6.07, 6.45) is 2.15. The van der Waals surface area contributed by atoms with Crippen molar-refractivity contribution in [2.45, 2.75) is 51.2 Å². The molecule has 40 heavy (non-hydrogen) atoms. The molecule has 3 aromatic rings. The summed E-state index contributed by atoms with van der Waals surface area (Å²) < 4.78 is 10.8. The first-order valence-corrected chi connectivity index (χ1v) is 13.9. The summed E-state index contributed by atoms with van der Waals surface area (Å²) in [4.78, 5) is 40.2. The number of methoxy groups -OCH3 is 1. The standard InChI is InChI=1S/C33H38N2O5/c1-24(28-11-7-4-8-12-28)32(37)35-19-17-26(18-20-35)22-31(36)34-30(33(38)39-2)21-25-13-15-29(16-14-25)40-23-27-9-5-3-6-10-27/h3-16,24,26,30H,17-23H2,1-2H3,(H,34,36)/t24-,30-/m0/s1. The van der Waals surface area contributed by atoms with Crippen LogP contribution in [-0.4, -0.2) is 48.9 Å². The molecule has 0 aliphatic carbocycles. The minimum Gasteiger partial charge on any atom is -0.489 e. The molecule has 4 rings (SSSR count). The summed E-state index contributed by atoms with van der Waals surface area (Å²) in [6, 6.07) is 26.5. The predicted octanol–water partition coefficient (Wildman–Crippen LogP) is 4.90. The summed E-state index contributed by atoms with van der Waals surface area (Å²) in [5, 5.41) is 2.87. The van der Waals surface area contributed by atoms with Gasteiger partial charge in [0.25, 0.3) is 0 Å². The minimum absolute atomic E-state index is 0.122. The highest BCUT2D eigenvalue weighted by Gasteiger charge is 2.29. The lowest BCUT2D eigenvalue weighted by atomic mass is 9.91. The summed E-state index contributed by atoms with van der Waals surface area (Å²) in [6.45, 7) is 3.68. The van der Waals surface area contributed by atoms with E-state index in [1.807, 2.05) is 96.8 Å². The Morgan fingerprint density at radius 2 is 1.50 bits per heavy atom. The Labute approximate surface area is 236 Å². The van der Waals surface area contributed by atoms with Gasteiger partial charge in [-0.1, -0.05) is 72.8 Å². The van der Waals surface area contributed by atoms with Crippen molar-refractivity contribution < 1.29 is 23.9 Å². The Morgan fingerprint density at radius 1 is 0.875 bits per heavy atom. The van der Waals surface area contributed by atoms with Crippen LogP contribution in [0.2, 0.25) is 0 Å². The van der Waals surface area contributed by atoms with Crippen molar-refractivity contribution in [3.05, 3.63) is 102 Å². The third-order valence-corrected chi connectivity index (χ3v) is 7.50. The van der Waals surface area contributed by atoms with Crippen molar-refractivity contribution >= 4 is 17.8 Å². The highest BCUT2D eigenvalue weighted by molar-refractivity contribution is 5.85. The molecule has 0 bridgehead atoms. The number of carbonyl (C=O) groups is 3. The van der Waals surface area contributed by atoms with E-state index in [1.165, 1.54) is 7.11 Å². The van der Waals surface area contributed by atoms with E-state index in [4.69, 9.17) is 9.47 Å². The number of nitrogens with zero attached hydrogens (tertiary/aromatic N) is 1. The van der Waals surface area contributed by atoms with E-state index in [9.17, 15) is 14.4 Å². The molecule has 3 aromatic carbocycles. The normalized spacial score (nSPS) is 15.1. The molecule has 210 valence electrons. The van der Waals surface area contributed by atoms with E-state index >= 15 is 0 Å². The molecule has 1 saturated heterocycles. The van der Waals surface area contributed by atoms with Crippen LogP contribution in [0.3, 0.4) is 0 Å². The molecule has 1 heterocycles. The third-order valence-electron chi connectivity index (χ3n) is 7.50. The number of esters is 1. The highest BCUT2D eigenvalue weighted by atomic mass is 16.5. The molecular weight excluding hydrogens is 504 g/mol. The van der Waals surface area contributed by atoms with Crippen LogP contribution in [0.15, 0.2) is 84.9 Å². The maximum absolute atomic E-state index is 13.0. The van der Waals surface area contributed by atoms with E-state index < -0.39 is 12.0 Å². The zero-order valence-electron chi connectivity index (χ0n) is 23.3. The Hall–Kier alpha value is -4.13. The molecule has 0 aromatic heterocycles. The van der Waals surface area contributed by atoms with Crippen LogP contribution in [-0.2, 0) is 32.1 Å². The van der Waals surface area contributed by atoms with Crippen molar-refractivity contribution in [3.63, 3.8) is 0 Å². The van der Waals surface area contributed by atoms with Crippen molar-refractivity contribution in [1.29, 1.82) is 0 Å². The minimum atomic E-state index is -0.776. The Morgan fingerprint density at radius 3 is 2.12 bits per heavy atom. The maximum Gasteiger partial charge on any atom is 0.328 e. The SMILES string of the molecule is COC(=O)[C@H](Cc1ccc(OCc2ccccc2)cc1)NC(=O)CC1CCN(C(=O)[C@@H](C)c2ccccc2)CC1. The molecule has 1 aliphatic heterocycles. The number of nitrogens with one attached hydrogen (secondary N) is 1. The van der Waals surface area contributed by atoms with Gasteiger partial charge in [-0.05, 0) is 54.5 Å². The molecule has 7 heteroatoms. The summed E-state index contributed by atoms with van der Waals surface area (Å²) in [5.41, 5.74) is 2.98. The smallest absolute Gasteiger partial charge is 0.328 e. The molecule has 0 radical (unpaired) electrons. The van der Waals surface area contributed by atoms with Gasteiger partial charge in [0.1, 0.15) is 18.4 Å². The van der Waals surface area contributed by atoms with E-state index in [0.29, 0.717) is 32.5 Å². The van der Waals surface area contributed by atoms with Crippen LogP contribution in [0.25, 0.3) is 0 Å². The van der Waals surface area contributed by atoms with E-state index in [0.717, 1.165) is 35.3 Å². The largest absolute Gasteiger partial charge is 0.489 e. The zero-order valence-corrected chi connectivity index (χ0v) is 23.3. The number of amides is 2. The number of piperidine rings is 1. The monoisotopic (exact) mass is 542 g/mol. The fourth-order valence-corrected chi connectivity index (χ4v) is 5.06. The number of likely N-dealkylation sites (tertiary alicyclic amines) is 1. The van der Waals surface area contributed by atoms with Crippen LogP contribution in [0.5, 0.6) is 5.75 Å². The molecule has 2 atom stereocenters. The fraction of sp³-hybridized carbons (Fsp3) is 0.364. The first kappa shape index (κ1) is 28.9. The summed E-state index contributed by atoms with van der Waals surface area (Å²) >= 11 is 0. The molecular formula is C33H38N2O5. The topological polar surface area (TPSA) is 84.9 Å². The van der Waals surface area contributed by atoms with E-state index in [-0.39, 0.29) is 23.7 Å². The lowest BCUT2D eigenvalue weighted by molar-refractivity contribution is -0.145. The lowest BCUT2D eigenvalue weighted by Crippen LogP contribution is -2.45. The number of hydrogen-bond donors (Lipinski definition) is 1. The number of carbonyl (C=O) groups excluding carboxylic acids is 3. The number of benzene rings is 3. The van der Waals surface area contributed by atoms with Gasteiger partial charge in [-0.2, -0.15) is 0 Å². The van der Waals surface area contributed by atoms with Gasteiger partial charge in [-0.3, -0.25) is 9.59 Å². The third kappa shape index (κ3) is 8.18. The average Bonchev–Trinajstić information content (AvgIpc) is 3.00. The second-order valence-corrected chi connectivity index (χ2v) is 10.4. The number of hydrogen-bond acceptors (Lipinski definition) is 5. The van der Waals surface area contributed by atoms with Gasteiger partial charge >= 0.3 is 5.97 Å². The second-order valence-electron chi connectivity index (χ2n) is 10.4. The first-order chi connectivity index (χ1) is 19.4. The van der Waals surface area contributed by atoms with Gasteiger partial charge in [0.15, 0.2) is 0 Å². The van der Waals surface area contributed by atoms with Gasteiger partial charge in [-0.15, -0.1) is 0 Å². The van der Waals surface area contributed by atoms with Crippen LogP contribution in [0, 0.1) is 5.92 Å². The maximum atomic E-state index is 13.0. The molecule has 2 amide bonds. The highest BCUT2D eigenvalue weighted by Crippen LogP contribution is 2.25. The molecule has 1 aliphatic rings. The Balaban J connectivity index is 1.24. The van der Waals surface area contributed by atoms with Crippen molar-refractivity contribution in [2.24, 2.45) is 5.92 Å². The predicted molar refractivity (Wildman–Crippen MR) is 154 cm³/mol. The van der Waals surface area contributed by atoms with E-state index in [2.05, 4.69) is 5.32 Å². The van der Waals surface area contributed by atoms with Gasteiger partial charge in [0.05, 0.1) is 13.0 Å². The molecule has 0 saturated carbocycles.